The topological polar surface area (TPSA) is 76.1 Å². The fourth-order valence-electron chi connectivity index (χ4n) is 3.68. The molecule has 6 nitrogen and oxygen atoms in total. The number of amides is 1. The zero-order valence-electron chi connectivity index (χ0n) is 15.7. The quantitative estimate of drug-likeness (QED) is 0.893. The summed E-state index contributed by atoms with van der Waals surface area (Å²) in [5.74, 6) is -0.209. The van der Waals surface area contributed by atoms with Crippen LogP contribution in [0, 0.1) is 0 Å². The van der Waals surface area contributed by atoms with Crippen LogP contribution in [0.15, 0.2) is 18.2 Å². The predicted molar refractivity (Wildman–Crippen MR) is 96.5 cm³/mol. The Morgan fingerprint density at radius 2 is 1.92 bits per heavy atom. The highest BCUT2D eigenvalue weighted by atomic mass is 16.6. The fraction of sp³-hybridized carbons (Fsp3) is 0.600. The van der Waals surface area contributed by atoms with Crippen LogP contribution in [0.5, 0.6) is 5.75 Å². The number of ether oxygens (including phenoxy) is 2. The van der Waals surface area contributed by atoms with Gasteiger partial charge < -0.3 is 14.6 Å². The van der Waals surface area contributed by atoms with E-state index >= 15 is 0 Å². The molecule has 6 heteroatoms. The van der Waals surface area contributed by atoms with Crippen molar-refractivity contribution in [1.29, 1.82) is 0 Å². The number of aryl methyl sites for hydroxylation is 1. The molecule has 0 aromatic heterocycles. The molecular formula is C20H27NO5. The van der Waals surface area contributed by atoms with Gasteiger partial charge in [-0.05, 0) is 63.6 Å². The van der Waals surface area contributed by atoms with Gasteiger partial charge >= 0.3 is 12.1 Å². The van der Waals surface area contributed by atoms with E-state index in [-0.39, 0.29) is 19.1 Å². The zero-order valence-corrected chi connectivity index (χ0v) is 15.7. The SMILES string of the molecule is CC(C)(C)OC(=O)N1C[C@@H](Oc2cccc3c2CCCC3)C[C@H]1C(=O)O. The molecule has 1 heterocycles. The van der Waals surface area contributed by atoms with Crippen LogP contribution in [0.4, 0.5) is 4.79 Å². The number of hydrogen-bond acceptors (Lipinski definition) is 4. The Kier molecular flexibility index (Phi) is 5.12. The molecule has 1 aromatic carbocycles. The number of nitrogens with zero attached hydrogens (tertiary/aromatic N) is 1. The summed E-state index contributed by atoms with van der Waals surface area (Å²) in [6, 6.07) is 5.13. The van der Waals surface area contributed by atoms with Crippen molar-refractivity contribution in [3.05, 3.63) is 29.3 Å². The highest BCUT2D eigenvalue weighted by molar-refractivity contribution is 5.81. The number of rotatable bonds is 3. The van der Waals surface area contributed by atoms with Gasteiger partial charge in [0.25, 0.3) is 0 Å². The third-order valence-electron chi connectivity index (χ3n) is 4.82. The second-order valence-corrected chi connectivity index (χ2v) is 8.06. The average molecular weight is 361 g/mol. The van der Waals surface area contributed by atoms with E-state index < -0.39 is 23.7 Å². The predicted octanol–water partition coefficient (Wildman–Crippen LogP) is 3.41. The Bertz CT molecular complexity index is 694. The molecule has 1 N–H and O–H groups in total. The van der Waals surface area contributed by atoms with Gasteiger partial charge in [-0.25, -0.2) is 9.59 Å². The van der Waals surface area contributed by atoms with Crippen molar-refractivity contribution < 1.29 is 24.2 Å². The third-order valence-corrected chi connectivity index (χ3v) is 4.82. The van der Waals surface area contributed by atoms with E-state index in [1.54, 1.807) is 20.8 Å². The maximum atomic E-state index is 12.4. The fourth-order valence-corrected chi connectivity index (χ4v) is 3.68. The van der Waals surface area contributed by atoms with E-state index in [4.69, 9.17) is 9.47 Å². The molecule has 2 atom stereocenters. The van der Waals surface area contributed by atoms with Crippen LogP contribution in [0.2, 0.25) is 0 Å². The van der Waals surface area contributed by atoms with Crippen LogP contribution in [-0.2, 0) is 22.4 Å². The molecule has 2 aliphatic rings. The van der Waals surface area contributed by atoms with Crippen molar-refractivity contribution in [3.63, 3.8) is 0 Å². The summed E-state index contributed by atoms with van der Waals surface area (Å²) in [5.41, 5.74) is 1.87. The summed E-state index contributed by atoms with van der Waals surface area (Å²) in [5, 5.41) is 9.50. The number of carbonyl (C=O) groups is 2. The molecule has 0 unspecified atom stereocenters. The molecule has 1 fully saturated rings. The lowest BCUT2D eigenvalue weighted by molar-refractivity contribution is -0.142. The largest absolute Gasteiger partial charge is 0.488 e. The Balaban J connectivity index is 1.74. The summed E-state index contributed by atoms with van der Waals surface area (Å²) in [6.45, 7) is 5.51. The van der Waals surface area contributed by atoms with Crippen LogP contribution in [0.1, 0.15) is 51.2 Å². The van der Waals surface area contributed by atoms with Crippen molar-refractivity contribution in [2.75, 3.05) is 6.54 Å². The monoisotopic (exact) mass is 361 g/mol. The number of carboxylic acid groups (broad SMARTS) is 1. The van der Waals surface area contributed by atoms with Gasteiger partial charge in [-0.2, -0.15) is 0 Å². The molecule has 1 amide bonds. The number of carbonyl (C=O) groups excluding carboxylic acids is 1. The maximum absolute atomic E-state index is 12.4. The van der Waals surface area contributed by atoms with Crippen LogP contribution in [0.25, 0.3) is 0 Å². The first kappa shape index (κ1) is 18.5. The van der Waals surface area contributed by atoms with Gasteiger partial charge in [-0.1, -0.05) is 12.1 Å². The van der Waals surface area contributed by atoms with Gasteiger partial charge in [0.1, 0.15) is 23.5 Å². The number of carboxylic acids is 1. The molecule has 142 valence electrons. The highest BCUT2D eigenvalue weighted by Gasteiger charge is 2.42. The summed E-state index contributed by atoms with van der Waals surface area (Å²) in [7, 11) is 0. The van der Waals surface area contributed by atoms with Crippen molar-refractivity contribution in [2.45, 2.75) is 70.6 Å². The molecule has 26 heavy (non-hydrogen) atoms. The summed E-state index contributed by atoms with van der Waals surface area (Å²) in [4.78, 5) is 25.3. The Hall–Kier alpha value is -2.24. The van der Waals surface area contributed by atoms with Crippen LogP contribution >= 0.6 is 0 Å². The third kappa shape index (κ3) is 4.11. The number of benzene rings is 1. The smallest absolute Gasteiger partial charge is 0.411 e. The van der Waals surface area contributed by atoms with Gasteiger partial charge in [0.15, 0.2) is 0 Å². The lowest BCUT2D eigenvalue weighted by atomic mass is 9.91. The van der Waals surface area contributed by atoms with Gasteiger partial charge in [0.2, 0.25) is 0 Å². The molecule has 0 spiro atoms. The van der Waals surface area contributed by atoms with E-state index in [0.29, 0.717) is 0 Å². The minimum absolute atomic E-state index is 0.218. The van der Waals surface area contributed by atoms with Crippen molar-refractivity contribution in [1.82, 2.24) is 4.90 Å². The highest BCUT2D eigenvalue weighted by Crippen LogP contribution is 2.32. The van der Waals surface area contributed by atoms with Gasteiger partial charge in [0.05, 0.1) is 6.54 Å². The summed E-state index contributed by atoms with van der Waals surface area (Å²) in [6.07, 6.45) is 3.67. The van der Waals surface area contributed by atoms with Crippen LogP contribution in [0.3, 0.4) is 0 Å². The molecule has 3 rings (SSSR count). The van der Waals surface area contributed by atoms with Gasteiger partial charge in [0, 0.05) is 6.42 Å². The number of hydrogen-bond donors (Lipinski definition) is 1. The Morgan fingerprint density at radius 3 is 2.62 bits per heavy atom. The number of fused-ring (bicyclic) bond motifs is 1. The summed E-state index contributed by atoms with van der Waals surface area (Å²) < 4.78 is 11.5. The average Bonchev–Trinajstić information content (AvgIpc) is 2.98. The van der Waals surface area contributed by atoms with Crippen molar-refractivity contribution in [2.24, 2.45) is 0 Å². The molecule has 1 saturated heterocycles. The van der Waals surface area contributed by atoms with Gasteiger partial charge in [-0.3, -0.25) is 4.90 Å². The minimum Gasteiger partial charge on any atom is -0.488 e. The van der Waals surface area contributed by atoms with Crippen molar-refractivity contribution in [3.8, 4) is 5.75 Å². The zero-order chi connectivity index (χ0) is 18.9. The van der Waals surface area contributed by atoms with E-state index in [9.17, 15) is 14.7 Å². The molecule has 0 bridgehead atoms. The summed E-state index contributed by atoms with van der Waals surface area (Å²) >= 11 is 0. The van der Waals surface area contributed by atoms with E-state index in [2.05, 4.69) is 6.07 Å². The molecular weight excluding hydrogens is 334 g/mol. The lowest BCUT2D eigenvalue weighted by Gasteiger charge is -2.26. The molecule has 1 aliphatic carbocycles. The van der Waals surface area contributed by atoms with Crippen molar-refractivity contribution >= 4 is 12.1 Å². The first-order valence-electron chi connectivity index (χ1n) is 9.24. The molecule has 1 aromatic rings. The van der Waals surface area contributed by atoms with Gasteiger partial charge in [-0.15, -0.1) is 0 Å². The normalized spacial score (nSPS) is 22.7. The first-order valence-corrected chi connectivity index (χ1v) is 9.24. The maximum Gasteiger partial charge on any atom is 0.411 e. The molecule has 1 aliphatic heterocycles. The Labute approximate surface area is 154 Å². The second-order valence-electron chi connectivity index (χ2n) is 8.06. The van der Waals surface area contributed by atoms with E-state index in [1.165, 1.54) is 22.4 Å². The second kappa shape index (κ2) is 7.17. The van der Waals surface area contributed by atoms with Crippen LogP contribution in [-0.4, -0.2) is 46.4 Å². The Morgan fingerprint density at radius 1 is 1.19 bits per heavy atom. The molecule has 0 radical (unpaired) electrons. The standard InChI is InChI=1S/C20H27NO5/c1-20(2,3)26-19(24)21-12-14(11-16(21)18(22)23)25-17-10-6-8-13-7-4-5-9-15(13)17/h6,8,10,14,16H,4-5,7,9,11-12H2,1-3H3,(H,22,23)/t14-,16-/m0/s1. The first-order chi connectivity index (χ1) is 12.2. The minimum atomic E-state index is -1.03. The number of likely N-dealkylation sites (tertiary alicyclic amines) is 1. The lowest BCUT2D eigenvalue weighted by Crippen LogP contribution is -2.43. The van der Waals surface area contributed by atoms with E-state index in [1.807, 2.05) is 12.1 Å². The number of aliphatic carboxylic acids is 1. The van der Waals surface area contributed by atoms with Crippen LogP contribution < -0.4 is 4.74 Å². The van der Waals surface area contributed by atoms with E-state index in [0.717, 1.165) is 25.0 Å². The molecule has 0 saturated carbocycles.